The minimum atomic E-state index is -5.08. The molecule has 142 valence electrons. The number of methoxy groups -OCH3 is 1. The van der Waals surface area contributed by atoms with E-state index in [0.29, 0.717) is 6.10 Å². The average Bonchev–Trinajstić information content (AvgIpc) is 2.91. The summed E-state index contributed by atoms with van der Waals surface area (Å²) in [6.07, 6.45) is -2.59. The fourth-order valence-corrected chi connectivity index (χ4v) is 4.00. The van der Waals surface area contributed by atoms with E-state index in [-0.39, 0.29) is 5.60 Å². The van der Waals surface area contributed by atoms with Crippen molar-refractivity contribution in [2.45, 2.75) is 44.2 Å². The van der Waals surface area contributed by atoms with Crippen molar-refractivity contribution in [3.63, 3.8) is 0 Å². The van der Waals surface area contributed by atoms with Crippen LogP contribution in [0.3, 0.4) is 0 Å². The molecule has 0 aromatic carbocycles. The number of likely N-dealkylation sites (tertiary alicyclic amines) is 1. The molecule has 1 atom stereocenters. The minimum absolute atomic E-state index is 0.0874. The van der Waals surface area contributed by atoms with Crippen molar-refractivity contribution in [1.82, 2.24) is 4.90 Å². The zero-order valence-electron chi connectivity index (χ0n) is 14.1. The molecule has 1 aromatic rings. The van der Waals surface area contributed by atoms with Gasteiger partial charge in [0.15, 0.2) is 0 Å². The summed E-state index contributed by atoms with van der Waals surface area (Å²) < 4.78 is 43.2. The van der Waals surface area contributed by atoms with Gasteiger partial charge < -0.3 is 14.6 Å². The van der Waals surface area contributed by atoms with Gasteiger partial charge in [0.1, 0.15) is 0 Å². The first-order chi connectivity index (χ1) is 11.6. The number of ether oxygens (including phenoxy) is 2. The van der Waals surface area contributed by atoms with Gasteiger partial charge in [0.2, 0.25) is 0 Å². The van der Waals surface area contributed by atoms with Crippen LogP contribution < -0.4 is 0 Å². The molecule has 2 saturated heterocycles. The van der Waals surface area contributed by atoms with Gasteiger partial charge in [-0.25, -0.2) is 4.79 Å². The SMILES string of the molecule is COC1CCOC2(C1)CN(Cc1sccc1C)C2.O=C(O)C(F)(F)F. The lowest BCUT2D eigenvalue weighted by Gasteiger charge is -2.53. The Morgan fingerprint density at radius 2 is 2.16 bits per heavy atom. The van der Waals surface area contributed by atoms with Crippen LogP contribution in [-0.4, -0.2) is 60.7 Å². The summed E-state index contributed by atoms with van der Waals surface area (Å²) in [5, 5.41) is 9.30. The molecule has 1 aromatic heterocycles. The zero-order valence-corrected chi connectivity index (χ0v) is 15.0. The molecule has 25 heavy (non-hydrogen) atoms. The maximum atomic E-state index is 10.6. The molecule has 1 N–H and O–H groups in total. The summed E-state index contributed by atoms with van der Waals surface area (Å²) in [5.74, 6) is -2.76. The Balaban J connectivity index is 0.000000277. The van der Waals surface area contributed by atoms with E-state index in [2.05, 4.69) is 23.3 Å². The molecule has 2 aliphatic rings. The van der Waals surface area contributed by atoms with E-state index < -0.39 is 12.1 Å². The van der Waals surface area contributed by atoms with Gasteiger partial charge in [-0.15, -0.1) is 11.3 Å². The number of aliphatic carboxylic acids is 1. The number of rotatable bonds is 3. The monoisotopic (exact) mass is 381 g/mol. The summed E-state index contributed by atoms with van der Waals surface area (Å²) >= 11 is 1.86. The second-order valence-corrected chi connectivity index (χ2v) is 7.36. The Bertz CT molecular complexity index is 584. The van der Waals surface area contributed by atoms with E-state index in [0.717, 1.165) is 39.1 Å². The molecule has 0 radical (unpaired) electrons. The number of carbonyl (C=O) groups is 1. The van der Waals surface area contributed by atoms with Gasteiger partial charge >= 0.3 is 12.1 Å². The highest BCUT2D eigenvalue weighted by atomic mass is 32.1. The van der Waals surface area contributed by atoms with Gasteiger partial charge in [-0.05, 0) is 30.4 Å². The highest BCUT2D eigenvalue weighted by Crippen LogP contribution is 2.36. The summed E-state index contributed by atoms with van der Waals surface area (Å²) in [6.45, 7) is 6.24. The van der Waals surface area contributed by atoms with Crippen molar-refractivity contribution in [2.75, 3.05) is 26.8 Å². The Hall–Kier alpha value is -1.16. The Kier molecular flexibility index (Phi) is 6.47. The first kappa shape index (κ1) is 20.2. The number of nitrogens with zero attached hydrogens (tertiary/aromatic N) is 1. The van der Waals surface area contributed by atoms with Gasteiger partial charge in [0, 0.05) is 44.6 Å². The van der Waals surface area contributed by atoms with Crippen LogP contribution in [0.25, 0.3) is 0 Å². The molecule has 0 saturated carbocycles. The largest absolute Gasteiger partial charge is 0.490 e. The van der Waals surface area contributed by atoms with Crippen LogP contribution in [0.5, 0.6) is 0 Å². The van der Waals surface area contributed by atoms with E-state index in [1.807, 2.05) is 18.4 Å². The number of thiophene rings is 1. The number of carboxylic acids is 1. The van der Waals surface area contributed by atoms with Crippen molar-refractivity contribution in [3.05, 3.63) is 21.9 Å². The lowest BCUT2D eigenvalue weighted by Crippen LogP contribution is -2.65. The van der Waals surface area contributed by atoms with Crippen molar-refractivity contribution in [2.24, 2.45) is 0 Å². The highest BCUT2D eigenvalue weighted by Gasteiger charge is 2.47. The molecule has 2 aliphatic heterocycles. The Morgan fingerprint density at radius 3 is 2.64 bits per heavy atom. The average molecular weight is 381 g/mol. The summed E-state index contributed by atoms with van der Waals surface area (Å²) in [4.78, 5) is 12.9. The van der Waals surface area contributed by atoms with Crippen LogP contribution in [-0.2, 0) is 20.8 Å². The van der Waals surface area contributed by atoms with Crippen molar-refractivity contribution >= 4 is 17.3 Å². The third kappa shape index (κ3) is 5.40. The fraction of sp³-hybridized carbons (Fsp3) is 0.688. The Labute approximate surface area is 148 Å². The second-order valence-electron chi connectivity index (χ2n) is 6.36. The maximum Gasteiger partial charge on any atom is 0.490 e. The van der Waals surface area contributed by atoms with Gasteiger partial charge in [0.05, 0.1) is 11.7 Å². The lowest BCUT2D eigenvalue weighted by atomic mass is 9.84. The topological polar surface area (TPSA) is 59.0 Å². The fourth-order valence-electron chi connectivity index (χ4n) is 3.05. The minimum Gasteiger partial charge on any atom is -0.475 e. The van der Waals surface area contributed by atoms with Gasteiger partial charge in [-0.3, -0.25) is 4.90 Å². The van der Waals surface area contributed by atoms with Gasteiger partial charge in [-0.2, -0.15) is 13.2 Å². The van der Waals surface area contributed by atoms with Gasteiger partial charge in [-0.1, -0.05) is 0 Å². The second kappa shape index (κ2) is 8.03. The number of carboxylic acid groups (broad SMARTS) is 1. The summed E-state index contributed by atoms with van der Waals surface area (Å²) in [5.41, 5.74) is 1.50. The summed E-state index contributed by atoms with van der Waals surface area (Å²) in [7, 11) is 1.81. The van der Waals surface area contributed by atoms with E-state index >= 15 is 0 Å². The quantitative estimate of drug-likeness (QED) is 0.872. The number of hydrogen-bond donors (Lipinski definition) is 1. The van der Waals surface area contributed by atoms with Crippen LogP contribution in [0.4, 0.5) is 13.2 Å². The number of halogens is 3. The van der Waals surface area contributed by atoms with Crippen LogP contribution in [0, 0.1) is 6.92 Å². The van der Waals surface area contributed by atoms with Crippen molar-refractivity contribution < 1.29 is 32.5 Å². The molecule has 3 heterocycles. The highest BCUT2D eigenvalue weighted by molar-refractivity contribution is 7.10. The Morgan fingerprint density at radius 1 is 1.52 bits per heavy atom. The lowest BCUT2D eigenvalue weighted by molar-refractivity contribution is -0.195. The van der Waals surface area contributed by atoms with Crippen LogP contribution in [0.15, 0.2) is 11.4 Å². The maximum absolute atomic E-state index is 10.6. The van der Waals surface area contributed by atoms with Crippen molar-refractivity contribution in [1.29, 1.82) is 0 Å². The molecular formula is C16H22F3NO4S. The van der Waals surface area contributed by atoms with E-state index in [9.17, 15) is 13.2 Å². The molecule has 0 bridgehead atoms. The van der Waals surface area contributed by atoms with Crippen LogP contribution in [0.2, 0.25) is 0 Å². The van der Waals surface area contributed by atoms with Crippen LogP contribution in [0.1, 0.15) is 23.3 Å². The number of hydrogen-bond acceptors (Lipinski definition) is 5. The molecular weight excluding hydrogens is 359 g/mol. The molecule has 9 heteroatoms. The normalized spacial score (nSPS) is 22.8. The van der Waals surface area contributed by atoms with Crippen molar-refractivity contribution in [3.8, 4) is 0 Å². The smallest absolute Gasteiger partial charge is 0.475 e. The molecule has 0 amide bonds. The molecule has 1 spiro atoms. The molecule has 1 unspecified atom stereocenters. The molecule has 2 fully saturated rings. The molecule has 0 aliphatic carbocycles. The number of aryl methyl sites for hydroxylation is 1. The first-order valence-corrected chi connectivity index (χ1v) is 8.75. The molecule has 5 nitrogen and oxygen atoms in total. The third-order valence-corrected chi connectivity index (χ3v) is 5.39. The number of alkyl halides is 3. The van der Waals surface area contributed by atoms with E-state index in [1.165, 1.54) is 10.4 Å². The summed E-state index contributed by atoms with van der Waals surface area (Å²) in [6, 6.07) is 2.20. The van der Waals surface area contributed by atoms with E-state index in [4.69, 9.17) is 19.4 Å². The zero-order chi connectivity index (χ0) is 18.7. The van der Waals surface area contributed by atoms with Gasteiger partial charge in [0.25, 0.3) is 0 Å². The third-order valence-electron chi connectivity index (χ3n) is 4.38. The van der Waals surface area contributed by atoms with E-state index in [1.54, 1.807) is 0 Å². The predicted octanol–water partition coefficient (Wildman–Crippen LogP) is 3.07. The standard InChI is InChI=1S/C14H21NO2S.C2HF3O2/c1-11-4-6-18-13(11)8-15-9-14(10-15)7-12(16-2)3-5-17-14;3-2(4,5)1(6)7/h4,6,12H,3,5,7-10H2,1-2H3;(H,6,7). The predicted molar refractivity (Wildman–Crippen MR) is 86.7 cm³/mol. The molecule has 3 rings (SSSR count). The first-order valence-electron chi connectivity index (χ1n) is 7.87. The van der Waals surface area contributed by atoms with Crippen LogP contribution >= 0.6 is 11.3 Å².